The highest BCUT2D eigenvalue weighted by Crippen LogP contribution is 2.24. The maximum atomic E-state index is 13.9. The van der Waals surface area contributed by atoms with Crippen molar-refractivity contribution in [2.75, 3.05) is 0 Å². The first-order chi connectivity index (χ1) is 13.8. The van der Waals surface area contributed by atoms with Crippen LogP contribution in [0.3, 0.4) is 0 Å². The Morgan fingerprint density at radius 3 is 2.45 bits per heavy atom. The van der Waals surface area contributed by atoms with Gasteiger partial charge < -0.3 is 4.57 Å². The monoisotopic (exact) mass is 396 g/mol. The Bertz CT molecular complexity index is 1310. The van der Waals surface area contributed by atoms with Gasteiger partial charge in [-0.2, -0.15) is 4.98 Å². The Morgan fingerprint density at radius 1 is 1.03 bits per heavy atom. The van der Waals surface area contributed by atoms with Crippen molar-refractivity contribution < 1.29 is 8.78 Å². The maximum absolute atomic E-state index is 13.9. The van der Waals surface area contributed by atoms with Gasteiger partial charge in [-0.05, 0) is 62.1 Å². The molecule has 0 aliphatic carbocycles. The third kappa shape index (κ3) is 3.41. The molecule has 29 heavy (non-hydrogen) atoms. The highest BCUT2D eigenvalue weighted by molar-refractivity contribution is 5.81. The van der Waals surface area contributed by atoms with Gasteiger partial charge in [0.25, 0.3) is 5.56 Å². The van der Waals surface area contributed by atoms with Gasteiger partial charge in [0.1, 0.15) is 11.6 Å². The second kappa shape index (κ2) is 7.20. The van der Waals surface area contributed by atoms with Crippen LogP contribution in [0.2, 0.25) is 0 Å². The normalized spacial score (nSPS) is 11.4. The fraction of sp³-hybridized carbons (Fsp3) is 0.238. The molecule has 0 bridgehead atoms. The van der Waals surface area contributed by atoms with Crippen LogP contribution in [0.15, 0.2) is 39.9 Å². The molecule has 0 radical (unpaired) electrons. The average Bonchev–Trinajstić information content (AvgIpc) is 2.65. The smallest absolute Gasteiger partial charge is 0.322 e. The fourth-order valence-electron chi connectivity index (χ4n) is 3.46. The number of benzene rings is 2. The van der Waals surface area contributed by atoms with Crippen LogP contribution in [-0.2, 0) is 13.0 Å². The molecule has 0 atom stereocenters. The summed E-state index contributed by atoms with van der Waals surface area (Å²) in [7, 11) is 0. The van der Waals surface area contributed by atoms with Crippen molar-refractivity contribution in [3.05, 3.63) is 79.5 Å². The number of nitrogens with one attached hydrogen (secondary N) is 1. The van der Waals surface area contributed by atoms with E-state index < -0.39 is 22.9 Å². The average molecular weight is 396 g/mol. The first-order valence-corrected chi connectivity index (χ1v) is 9.20. The summed E-state index contributed by atoms with van der Waals surface area (Å²) in [4.78, 5) is 34.5. The SMILES string of the molecule is Cc1cc2nc3c(=O)[nH]c(=O)nc-3n(CCCc3c(F)cccc3F)c2cc1C. The van der Waals surface area contributed by atoms with Gasteiger partial charge in [0.2, 0.25) is 0 Å². The summed E-state index contributed by atoms with van der Waals surface area (Å²) in [6.45, 7) is 4.19. The molecule has 0 unspecified atom stereocenters. The highest BCUT2D eigenvalue weighted by Gasteiger charge is 2.19. The van der Waals surface area contributed by atoms with E-state index >= 15 is 0 Å². The van der Waals surface area contributed by atoms with Gasteiger partial charge in [-0.1, -0.05) is 6.07 Å². The molecule has 0 saturated heterocycles. The van der Waals surface area contributed by atoms with Crippen LogP contribution in [0.5, 0.6) is 0 Å². The van der Waals surface area contributed by atoms with Crippen molar-refractivity contribution in [3.8, 4) is 11.5 Å². The van der Waals surface area contributed by atoms with E-state index in [4.69, 9.17) is 0 Å². The quantitative estimate of drug-likeness (QED) is 0.538. The molecule has 1 N–H and O–H groups in total. The molecule has 6 nitrogen and oxygen atoms in total. The summed E-state index contributed by atoms with van der Waals surface area (Å²) in [5, 5.41) is 0. The van der Waals surface area contributed by atoms with E-state index in [1.165, 1.54) is 18.2 Å². The van der Waals surface area contributed by atoms with Crippen LogP contribution < -0.4 is 11.2 Å². The summed E-state index contributed by atoms with van der Waals surface area (Å²) < 4.78 is 29.6. The lowest BCUT2D eigenvalue weighted by molar-refractivity contribution is 0.540. The predicted molar refractivity (Wildman–Crippen MR) is 105 cm³/mol. The first-order valence-electron chi connectivity index (χ1n) is 9.20. The fourth-order valence-corrected chi connectivity index (χ4v) is 3.46. The van der Waals surface area contributed by atoms with Crippen LogP contribution in [0, 0.1) is 25.5 Å². The van der Waals surface area contributed by atoms with E-state index in [1.807, 2.05) is 26.0 Å². The Morgan fingerprint density at radius 2 is 1.72 bits per heavy atom. The first kappa shape index (κ1) is 18.9. The van der Waals surface area contributed by atoms with Crippen LogP contribution in [0.4, 0.5) is 8.78 Å². The van der Waals surface area contributed by atoms with Crippen molar-refractivity contribution >= 4 is 11.0 Å². The van der Waals surface area contributed by atoms with Gasteiger partial charge in [-0.15, -0.1) is 0 Å². The molecular formula is C21H18F2N4O2. The number of hydrogen-bond donors (Lipinski definition) is 1. The standard InChI is InChI=1S/C21H18F2N4O2/c1-11-9-16-17(10-12(11)2)27(19-18(24-16)20(28)26-21(29)25-19)8-4-5-13-14(22)6-3-7-15(13)23/h3,6-7,9-10H,4-5,8H2,1-2H3,(H,26,28,29). The minimum absolute atomic E-state index is 0.0121. The number of aryl methyl sites for hydroxylation is 3. The molecule has 2 heterocycles. The van der Waals surface area contributed by atoms with E-state index in [-0.39, 0.29) is 23.5 Å². The maximum Gasteiger partial charge on any atom is 0.349 e. The predicted octanol–water partition coefficient (Wildman–Crippen LogP) is 3.11. The second-order valence-corrected chi connectivity index (χ2v) is 7.04. The van der Waals surface area contributed by atoms with Gasteiger partial charge in [-0.3, -0.25) is 9.78 Å². The van der Waals surface area contributed by atoms with Crippen LogP contribution in [0.1, 0.15) is 23.1 Å². The number of aromatic amines is 1. The van der Waals surface area contributed by atoms with Gasteiger partial charge in [0.15, 0.2) is 11.5 Å². The van der Waals surface area contributed by atoms with Gasteiger partial charge in [0, 0.05) is 12.1 Å². The van der Waals surface area contributed by atoms with E-state index in [2.05, 4.69) is 15.0 Å². The largest absolute Gasteiger partial charge is 0.349 e. The molecule has 0 aromatic heterocycles. The lowest BCUT2D eigenvalue weighted by atomic mass is 10.1. The lowest BCUT2D eigenvalue weighted by Crippen LogP contribution is -2.29. The summed E-state index contributed by atoms with van der Waals surface area (Å²) in [5.41, 5.74) is 2.00. The molecule has 0 saturated carbocycles. The molecule has 4 rings (SSSR count). The van der Waals surface area contributed by atoms with Crippen LogP contribution in [-0.4, -0.2) is 19.5 Å². The molecular weight excluding hydrogens is 378 g/mol. The molecule has 0 fully saturated rings. The van der Waals surface area contributed by atoms with Crippen molar-refractivity contribution in [2.45, 2.75) is 33.2 Å². The van der Waals surface area contributed by atoms with E-state index in [1.54, 1.807) is 4.57 Å². The zero-order valence-electron chi connectivity index (χ0n) is 15.9. The third-order valence-electron chi connectivity index (χ3n) is 5.09. The molecule has 2 aromatic rings. The molecule has 2 aromatic carbocycles. The van der Waals surface area contributed by atoms with Crippen molar-refractivity contribution in [1.82, 2.24) is 19.5 Å². The molecule has 2 aliphatic rings. The van der Waals surface area contributed by atoms with Crippen LogP contribution in [0.25, 0.3) is 22.6 Å². The van der Waals surface area contributed by atoms with Crippen molar-refractivity contribution in [3.63, 3.8) is 0 Å². The number of nitrogens with zero attached hydrogens (tertiary/aromatic N) is 3. The minimum Gasteiger partial charge on any atom is -0.322 e. The molecule has 8 heteroatoms. The topological polar surface area (TPSA) is 80.6 Å². The minimum atomic E-state index is -0.763. The molecule has 148 valence electrons. The summed E-state index contributed by atoms with van der Waals surface area (Å²) in [5.74, 6) is -1.03. The Hall–Kier alpha value is -3.42. The van der Waals surface area contributed by atoms with Crippen LogP contribution >= 0.6 is 0 Å². The Kier molecular flexibility index (Phi) is 4.70. The zero-order valence-corrected chi connectivity index (χ0v) is 15.9. The van der Waals surface area contributed by atoms with E-state index in [0.29, 0.717) is 24.0 Å². The number of halogens is 2. The second-order valence-electron chi connectivity index (χ2n) is 7.04. The summed E-state index contributed by atoms with van der Waals surface area (Å²) in [6, 6.07) is 7.54. The zero-order chi connectivity index (χ0) is 20.7. The number of H-pyrrole nitrogens is 1. The van der Waals surface area contributed by atoms with Gasteiger partial charge in [0.05, 0.1) is 11.0 Å². The number of rotatable bonds is 4. The molecule has 0 spiro atoms. The third-order valence-corrected chi connectivity index (χ3v) is 5.09. The Labute approximate surface area is 164 Å². The number of aromatic nitrogens is 4. The summed E-state index contributed by atoms with van der Waals surface area (Å²) in [6.07, 6.45) is 0.543. The van der Waals surface area contributed by atoms with Gasteiger partial charge in [-0.25, -0.2) is 18.6 Å². The lowest BCUT2D eigenvalue weighted by Gasteiger charge is -2.18. The summed E-state index contributed by atoms with van der Waals surface area (Å²) >= 11 is 0. The highest BCUT2D eigenvalue weighted by atomic mass is 19.1. The van der Waals surface area contributed by atoms with Gasteiger partial charge >= 0.3 is 5.69 Å². The number of fused-ring (bicyclic) bond motifs is 2. The number of hydrogen-bond acceptors (Lipinski definition) is 4. The van der Waals surface area contributed by atoms with Crippen molar-refractivity contribution in [1.29, 1.82) is 0 Å². The Balaban J connectivity index is 1.83. The molecule has 0 amide bonds. The van der Waals surface area contributed by atoms with E-state index in [0.717, 1.165) is 11.1 Å². The van der Waals surface area contributed by atoms with Crippen molar-refractivity contribution in [2.24, 2.45) is 0 Å². The molecule has 2 aliphatic heterocycles. The van der Waals surface area contributed by atoms with E-state index in [9.17, 15) is 18.4 Å².